The van der Waals surface area contributed by atoms with Crippen molar-refractivity contribution in [1.82, 2.24) is 14.3 Å². The molecule has 0 saturated heterocycles. The van der Waals surface area contributed by atoms with Gasteiger partial charge in [-0.05, 0) is 36.4 Å². The number of benzene rings is 2. The van der Waals surface area contributed by atoms with Crippen LogP contribution in [0.5, 0.6) is 0 Å². The molecule has 0 radical (unpaired) electrons. The topological polar surface area (TPSA) is 93.1 Å². The van der Waals surface area contributed by atoms with E-state index in [1.165, 1.54) is 29.4 Å². The van der Waals surface area contributed by atoms with Gasteiger partial charge in [-0.3, -0.25) is 9.36 Å². The minimum atomic E-state index is -4.66. The number of imidazole rings is 1. The number of nitrogens with one attached hydrogen (secondary N) is 2. The number of alkyl halides is 3. The highest BCUT2D eigenvalue weighted by atomic mass is 32.2. The fourth-order valence-electron chi connectivity index (χ4n) is 2.43. The van der Waals surface area contributed by atoms with Gasteiger partial charge in [-0.2, -0.15) is 13.2 Å². The number of nitrogens with zero attached hydrogens (tertiary/aromatic N) is 2. The van der Waals surface area contributed by atoms with Gasteiger partial charge in [0.2, 0.25) is 10.0 Å². The third kappa shape index (κ3) is 5.21. The lowest BCUT2D eigenvalue weighted by atomic mass is 10.3. The lowest BCUT2D eigenvalue weighted by molar-refractivity contribution is -0.121. The number of anilines is 1. The summed E-state index contributed by atoms with van der Waals surface area (Å²) in [6.45, 7) is -1.67. The summed E-state index contributed by atoms with van der Waals surface area (Å²) < 4.78 is 63.5. The summed E-state index contributed by atoms with van der Waals surface area (Å²) >= 11 is 0. The SMILES string of the molecule is O=C(Nc1ccc(S(=O)(=O)NCC(F)(F)F)cc1)c1cncn1-c1ccccc1. The Morgan fingerprint density at radius 2 is 1.69 bits per heavy atom. The van der Waals surface area contributed by atoms with E-state index in [2.05, 4.69) is 10.3 Å². The second-order valence-electron chi connectivity index (χ2n) is 5.90. The molecule has 0 spiro atoms. The van der Waals surface area contributed by atoms with Crippen molar-refractivity contribution in [2.75, 3.05) is 11.9 Å². The monoisotopic (exact) mass is 424 g/mol. The quantitative estimate of drug-likeness (QED) is 0.636. The van der Waals surface area contributed by atoms with Crippen LogP contribution in [0.15, 0.2) is 72.0 Å². The predicted octanol–water partition coefficient (Wildman–Crippen LogP) is 2.97. The number of halogens is 3. The molecule has 0 aliphatic carbocycles. The van der Waals surface area contributed by atoms with E-state index < -0.39 is 28.7 Å². The molecule has 29 heavy (non-hydrogen) atoms. The average molecular weight is 424 g/mol. The van der Waals surface area contributed by atoms with Gasteiger partial charge in [0.25, 0.3) is 5.91 Å². The van der Waals surface area contributed by atoms with Gasteiger partial charge in [-0.25, -0.2) is 18.1 Å². The van der Waals surface area contributed by atoms with Gasteiger partial charge in [0.15, 0.2) is 0 Å². The summed E-state index contributed by atoms with van der Waals surface area (Å²) in [4.78, 5) is 16.2. The number of hydrogen-bond donors (Lipinski definition) is 2. The molecule has 1 heterocycles. The average Bonchev–Trinajstić information content (AvgIpc) is 3.17. The summed E-state index contributed by atoms with van der Waals surface area (Å²) in [5, 5.41) is 2.59. The van der Waals surface area contributed by atoms with Gasteiger partial charge in [0, 0.05) is 11.4 Å². The number of carbonyl (C=O) groups excluding carboxylic acids is 1. The smallest absolute Gasteiger partial charge is 0.321 e. The molecule has 0 bridgehead atoms. The summed E-state index contributed by atoms with van der Waals surface area (Å²) in [5.74, 6) is -0.489. The maximum Gasteiger partial charge on any atom is 0.402 e. The number of carbonyl (C=O) groups is 1. The van der Waals surface area contributed by atoms with Crippen molar-refractivity contribution in [2.45, 2.75) is 11.1 Å². The zero-order chi connectivity index (χ0) is 21.1. The van der Waals surface area contributed by atoms with Crippen molar-refractivity contribution >= 4 is 21.6 Å². The number of aromatic nitrogens is 2. The van der Waals surface area contributed by atoms with Gasteiger partial charge in [-0.15, -0.1) is 0 Å². The van der Waals surface area contributed by atoms with Crippen LogP contribution in [-0.2, 0) is 10.0 Å². The molecule has 0 atom stereocenters. The minimum Gasteiger partial charge on any atom is -0.321 e. The Morgan fingerprint density at radius 1 is 1.03 bits per heavy atom. The normalized spacial score (nSPS) is 12.0. The molecule has 2 N–H and O–H groups in total. The number of amides is 1. The molecule has 0 aliphatic heterocycles. The molecule has 7 nitrogen and oxygen atoms in total. The van der Waals surface area contributed by atoms with Crippen molar-refractivity contribution in [3.8, 4) is 5.69 Å². The van der Waals surface area contributed by atoms with E-state index in [4.69, 9.17) is 0 Å². The third-order valence-corrected chi connectivity index (χ3v) is 5.21. The number of rotatable bonds is 6. The Bertz CT molecular complexity index is 1100. The molecule has 0 aliphatic rings. The summed E-state index contributed by atoms with van der Waals surface area (Å²) in [6.07, 6.45) is -1.81. The van der Waals surface area contributed by atoms with Gasteiger partial charge >= 0.3 is 6.18 Å². The largest absolute Gasteiger partial charge is 0.402 e. The Labute approximate surface area is 164 Å². The second kappa shape index (κ2) is 8.05. The highest BCUT2D eigenvalue weighted by Crippen LogP contribution is 2.18. The van der Waals surface area contributed by atoms with Crippen LogP contribution < -0.4 is 10.0 Å². The first-order valence-corrected chi connectivity index (χ1v) is 9.70. The van der Waals surface area contributed by atoms with Gasteiger partial charge in [0.05, 0.1) is 17.4 Å². The third-order valence-electron chi connectivity index (χ3n) is 3.79. The predicted molar refractivity (Wildman–Crippen MR) is 99.2 cm³/mol. The molecule has 152 valence electrons. The molecule has 11 heteroatoms. The van der Waals surface area contributed by atoms with Crippen molar-refractivity contribution < 1.29 is 26.4 Å². The van der Waals surface area contributed by atoms with Crippen LogP contribution in [0.25, 0.3) is 5.69 Å². The van der Waals surface area contributed by atoms with Crippen LogP contribution in [0.4, 0.5) is 18.9 Å². The molecule has 0 fully saturated rings. The molecule has 3 rings (SSSR count). The van der Waals surface area contributed by atoms with Crippen LogP contribution >= 0.6 is 0 Å². The van der Waals surface area contributed by atoms with E-state index in [0.29, 0.717) is 0 Å². The van der Waals surface area contributed by atoms with Gasteiger partial charge in [0.1, 0.15) is 12.2 Å². The van der Waals surface area contributed by atoms with E-state index in [1.54, 1.807) is 16.7 Å². The lowest BCUT2D eigenvalue weighted by Gasteiger charge is -2.11. The fourth-order valence-corrected chi connectivity index (χ4v) is 3.44. The Kier molecular flexibility index (Phi) is 5.71. The molecule has 0 unspecified atom stereocenters. The standard InChI is InChI=1S/C18H15F3N4O3S/c19-18(20,21)11-23-29(27,28)15-8-6-13(7-9-15)24-17(26)16-10-22-12-25(16)14-4-2-1-3-5-14/h1-10,12,23H,11H2,(H,24,26). The molecule has 3 aromatic rings. The molecule has 0 saturated carbocycles. The van der Waals surface area contributed by atoms with E-state index in [9.17, 15) is 26.4 Å². The molecule has 2 aromatic carbocycles. The summed E-state index contributed by atoms with van der Waals surface area (Å²) in [6, 6.07) is 13.8. The first kappa shape index (κ1) is 20.6. The van der Waals surface area contributed by atoms with Crippen LogP contribution in [0.1, 0.15) is 10.5 Å². The zero-order valence-electron chi connectivity index (χ0n) is 14.7. The van der Waals surface area contributed by atoms with Crippen molar-refractivity contribution in [3.63, 3.8) is 0 Å². The number of para-hydroxylation sites is 1. The van der Waals surface area contributed by atoms with Gasteiger partial charge < -0.3 is 5.32 Å². The molecular weight excluding hydrogens is 409 g/mol. The van der Waals surface area contributed by atoms with Crippen molar-refractivity contribution in [2.24, 2.45) is 0 Å². The van der Waals surface area contributed by atoms with Crippen LogP contribution in [0, 0.1) is 0 Å². The zero-order valence-corrected chi connectivity index (χ0v) is 15.5. The maximum absolute atomic E-state index is 12.5. The number of sulfonamides is 1. The summed E-state index contributed by atoms with van der Waals surface area (Å²) in [7, 11) is -4.32. The van der Waals surface area contributed by atoms with Crippen molar-refractivity contribution in [1.29, 1.82) is 0 Å². The Balaban J connectivity index is 1.73. The Morgan fingerprint density at radius 3 is 2.31 bits per heavy atom. The molecular formula is C18H15F3N4O3S. The fraction of sp³-hybridized carbons (Fsp3) is 0.111. The van der Waals surface area contributed by atoms with Crippen LogP contribution in [0.3, 0.4) is 0 Å². The first-order valence-electron chi connectivity index (χ1n) is 8.21. The first-order chi connectivity index (χ1) is 13.7. The minimum absolute atomic E-state index is 0.250. The van der Waals surface area contributed by atoms with Crippen LogP contribution in [0.2, 0.25) is 0 Å². The number of hydrogen-bond acceptors (Lipinski definition) is 4. The van der Waals surface area contributed by atoms with Crippen molar-refractivity contribution in [3.05, 3.63) is 72.8 Å². The van der Waals surface area contributed by atoms with E-state index in [-0.39, 0.29) is 16.3 Å². The van der Waals surface area contributed by atoms with E-state index in [1.807, 2.05) is 18.2 Å². The lowest BCUT2D eigenvalue weighted by Crippen LogP contribution is -2.33. The maximum atomic E-state index is 12.5. The summed E-state index contributed by atoms with van der Waals surface area (Å²) in [5.41, 5.74) is 1.25. The van der Waals surface area contributed by atoms with Crippen LogP contribution in [-0.4, -0.2) is 36.6 Å². The highest BCUT2D eigenvalue weighted by Gasteiger charge is 2.30. The Hall–Kier alpha value is -3.18. The molecule has 1 aromatic heterocycles. The highest BCUT2D eigenvalue weighted by molar-refractivity contribution is 7.89. The van der Waals surface area contributed by atoms with Gasteiger partial charge in [-0.1, -0.05) is 18.2 Å². The van der Waals surface area contributed by atoms with E-state index in [0.717, 1.165) is 17.8 Å². The molecule has 1 amide bonds. The van der Waals surface area contributed by atoms with E-state index >= 15 is 0 Å². The second-order valence-corrected chi connectivity index (χ2v) is 7.67.